The molecule has 1 N–H and O–H groups in total. The molecule has 1 saturated carbocycles. The number of anilines is 2. The summed E-state index contributed by atoms with van der Waals surface area (Å²) in [6.07, 6.45) is -1.42. The highest BCUT2D eigenvalue weighted by Gasteiger charge is 2.63. The fourth-order valence-electron chi connectivity index (χ4n) is 4.12. The van der Waals surface area contributed by atoms with E-state index in [1.54, 1.807) is 0 Å². The van der Waals surface area contributed by atoms with Crippen LogP contribution >= 0.6 is 11.8 Å². The minimum Gasteiger partial charge on any atom is -0.336 e. The highest BCUT2D eigenvalue weighted by Crippen LogP contribution is 2.53. The smallest absolute Gasteiger partial charge is 0.336 e. The second-order valence-electron chi connectivity index (χ2n) is 6.80. The number of carbonyl (C=O) groups is 1. The third-order valence-corrected chi connectivity index (χ3v) is 5.74. The first-order valence-corrected chi connectivity index (χ1v) is 8.97. The fraction of sp³-hybridized carbons (Fsp3) is 0.412. The van der Waals surface area contributed by atoms with Gasteiger partial charge in [-0.2, -0.15) is 13.2 Å². The number of hydrogen-bond donors (Lipinski definition) is 1. The van der Waals surface area contributed by atoms with Crippen LogP contribution in [0.15, 0.2) is 35.5 Å². The molecule has 2 unspecified atom stereocenters. The molecular weight excluding hydrogens is 399 g/mol. The van der Waals surface area contributed by atoms with Gasteiger partial charge in [0.25, 0.3) is 11.5 Å². The van der Waals surface area contributed by atoms with Crippen LogP contribution in [0.2, 0.25) is 0 Å². The van der Waals surface area contributed by atoms with Crippen molar-refractivity contribution < 1.29 is 18.0 Å². The monoisotopic (exact) mass is 413 g/mol. The quantitative estimate of drug-likeness (QED) is 0.763. The molecule has 11 heteroatoms. The first-order valence-electron chi connectivity index (χ1n) is 8.63. The zero-order valence-corrected chi connectivity index (χ0v) is 15.2. The fourth-order valence-corrected chi connectivity index (χ4v) is 4.48. The summed E-state index contributed by atoms with van der Waals surface area (Å²) in [5.74, 6) is -2.46. The highest BCUT2D eigenvalue weighted by molar-refractivity contribution is 6.25. The number of alkyl halides is 3. The minimum atomic E-state index is -4.62. The Hall–Kier alpha value is -2.62. The number of nitrogens with zero attached hydrogens (tertiary/aromatic N) is 4. The molecule has 0 radical (unpaired) electrons. The molecule has 2 aromatic rings. The van der Waals surface area contributed by atoms with Crippen LogP contribution in [0.5, 0.6) is 0 Å². The Morgan fingerprint density at radius 2 is 2.00 bits per heavy atom. The van der Waals surface area contributed by atoms with Crippen LogP contribution in [0.4, 0.5) is 24.7 Å². The van der Waals surface area contributed by atoms with Gasteiger partial charge >= 0.3 is 6.18 Å². The van der Waals surface area contributed by atoms with Crippen LogP contribution in [0, 0.1) is 5.92 Å². The molecular formula is C17H15ClF3N5O2. The number of rotatable bonds is 2. The Morgan fingerprint density at radius 3 is 2.68 bits per heavy atom. The molecule has 1 amide bonds. The van der Waals surface area contributed by atoms with Gasteiger partial charge in [0.05, 0.1) is 5.92 Å². The van der Waals surface area contributed by atoms with Crippen molar-refractivity contribution in [2.24, 2.45) is 5.92 Å². The molecule has 1 aliphatic carbocycles. The third kappa shape index (κ3) is 2.66. The van der Waals surface area contributed by atoms with Gasteiger partial charge in [0, 0.05) is 18.0 Å². The van der Waals surface area contributed by atoms with Crippen molar-refractivity contribution in [3.05, 3.63) is 46.8 Å². The van der Waals surface area contributed by atoms with Gasteiger partial charge in [0.15, 0.2) is 5.66 Å². The van der Waals surface area contributed by atoms with Gasteiger partial charge in [-0.15, -0.1) is 0 Å². The molecule has 2 aliphatic rings. The predicted molar refractivity (Wildman–Crippen MR) is 94.0 cm³/mol. The van der Waals surface area contributed by atoms with Gasteiger partial charge in [0.1, 0.15) is 23.5 Å². The van der Waals surface area contributed by atoms with E-state index in [1.807, 2.05) is 0 Å². The van der Waals surface area contributed by atoms with E-state index in [4.69, 9.17) is 11.8 Å². The first kappa shape index (κ1) is 18.7. The van der Waals surface area contributed by atoms with Gasteiger partial charge in [-0.05, 0) is 37.5 Å². The van der Waals surface area contributed by atoms with E-state index in [1.165, 1.54) is 30.7 Å². The van der Waals surface area contributed by atoms with Crippen molar-refractivity contribution in [2.45, 2.75) is 37.5 Å². The lowest BCUT2D eigenvalue weighted by molar-refractivity contribution is -0.225. The summed E-state index contributed by atoms with van der Waals surface area (Å²) in [5, 5.41) is 2.77. The second-order valence-corrected chi connectivity index (χ2v) is 7.14. The summed E-state index contributed by atoms with van der Waals surface area (Å²) < 4.78 is 43.1. The molecule has 3 heterocycles. The molecule has 1 fully saturated rings. The maximum absolute atomic E-state index is 13.9. The van der Waals surface area contributed by atoms with Crippen LogP contribution in [0.3, 0.4) is 0 Å². The number of carbonyl (C=O) groups excluding carboxylic acids is 1. The molecule has 2 aromatic heterocycles. The van der Waals surface area contributed by atoms with Gasteiger partial charge in [-0.3, -0.25) is 14.2 Å². The summed E-state index contributed by atoms with van der Waals surface area (Å²) in [5.41, 5.74) is -2.91. The maximum Gasteiger partial charge on any atom is 0.395 e. The van der Waals surface area contributed by atoms with Crippen LogP contribution in [0.25, 0.3) is 0 Å². The zero-order valence-electron chi connectivity index (χ0n) is 14.4. The normalized spacial score (nSPS) is 24.5. The van der Waals surface area contributed by atoms with E-state index in [2.05, 4.69) is 15.3 Å². The standard InChI is InChI=1S/C17H15ClF3N5O2/c18-26-15(28)11-5-4-10(24-13-6-8-22-9-23-13)14(27)25(11)16(26)7-2-1-3-12(16)17(19,20)21/h4-6,8-9,12H,1-3,7H2,(H,22,23,24). The largest absolute Gasteiger partial charge is 0.395 e. The summed E-state index contributed by atoms with van der Waals surface area (Å²) >= 11 is 6.13. The SMILES string of the molecule is O=C1c2ccc(Nc3ccncn3)c(=O)n2C2(CCCCC2C(F)(F)F)N1Cl. The molecule has 1 aliphatic heterocycles. The Bertz CT molecular complexity index is 981. The lowest BCUT2D eigenvalue weighted by Crippen LogP contribution is -2.57. The number of amides is 1. The number of hydrogen-bond acceptors (Lipinski definition) is 5. The molecule has 0 saturated heterocycles. The van der Waals surface area contributed by atoms with Crippen molar-refractivity contribution in [3.8, 4) is 0 Å². The summed E-state index contributed by atoms with van der Waals surface area (Å²) in [7, 11) is 0. The number of fused-ring (bicyclic) bond motifs is 2. The molecule has 0 bridgehead atoms. The number of pyridine rings is 1. The van der Waals surface area contributed by atoms with Crippen molar-refractivity contribution in [2.75, 3.05) is 5.32 Å². The Balaban J connectivity index is 1.90. The van der Waals surface area contributed by atoms with Crippen LogP contribution in [0.1, 0.15) is 36.2 Å². The van der Waals surface area contributed by atoms with Crippen molar-refractivity contribution in [1.82, 2.24) is 19.0 Å². The molecule has 2 atom stereocenters. The molecule has 28 heavy (non-hydrogen) atoms. The predicted octanol–water partition coefficient (Wildman–Crippen LogP) is 3.40. The average molecular weight is 414 g/mol. The highest BCUT2D eigenvalue weighted by atomic mass is 35.5. The molecule has 1 spiro atoms. The van der Waals surface area contributed by atoms with E-state index in [0.29, 0.717) is 23.1 Å². The summed E-state index contributed by atoms with van der Waals surface area (Å²) in [6.45, 7) is 0. The van der Waals surface area contributed by atoms with E-state index in [0.717, 1.165) is 4.57 Å². The van der Waals surface area contributed by atoms with Crippen LogP contribution in [-0.4, -0.2) is 31.0 Å². The van der Waals surface area contributed by atoms with Crippen molar-refractivity contribution in [1.29, 1.82) is 0 Å². The Kier molecular flexibility index (Phi) is 4.33. The van der Waals surface area contributed by atoms with E-state index in [-0.39, 0.29) is 24.2 Å². The van der Waals surface area contributed by atoms with Gasteiger partial charge in [-0.1, -0.05) is 6.42 Å². The van der Waals surface area contributed by atoms with Crippen molar-refractivity contribution >= 4 is 29.2 Å². The number of nitrogens with one attached hydrogen (secondary N) is 1. The Morgan fingerprint density at radius 1 is 1.21 bits per heavy atom. The Labute approximate surface area is 162 Å². The maximum atomic E-state index is 13.9. The number of halogens is 4. The molecule has 148 valence electrons. The van der Waals surface area contributed by atoms with Crippen LogP contribution < -0.4 is 10.9 Å². The topological polar surface area (TPSA) is 80.1 Å². The van der Waals surface area contributed by atoms with E-state index < -0.39 is 29.2 Å². The van der Waals surface area contributed by atoms with E-state index >= 15 is 0 Å². The minimum absolute atomic E-state index is 0.00640. The van der Waals surface area contributed by atoms with Gasteiger partial charge in [-0.25, -0.2) is 14.4 Å². The average Bonchev–Trinajstić information content (AvgIpc) is 2.87. The second kappa shape index (κ2) is 6.47. The molecule has 7 nitrogen and oxygen atoms in total. The summed E-state index contributed by atoms with van der Waals surface area (Å²) in [6, 6.07) is 4.15. The van der Waals surface area contributed by atoms with E-state index in [9.17, 15) is 22.8 Å². The van der Waals surface area contributed by atoms with Crippen molar-refractivity contribution in [3.63, 3.8) is 0 Å². The first-order chi connectivity index (χ1) is 13.3. The zero-order chi connectivity index (χ0) is 20.1. The number of aromatic nitrogens is 3. The molecule has 0 aromatic carbocycles. The molecule has 4 rings (SSSR count). The van der Waals surface area contributed by atoms with Crippen LogP contribution in [-0.2, 0) is 5.66 Å². The lowest BCUT2D eigenvalue weighted by Gasteiger charge is -2.45. The lowest BCUT2D eigenvalue weighted by atomic mass is 9.78. The summed E-state index contributed by atoms with van der Waals surface area (Å²) in [4.78, 5) is 33.5. The van der Waals surface area contributed by atoms with Gasteiger partial charge < -0.3 is 5.32 Å². The third-order valence-electron chi connectivity index (χ3n) is 5.29. The van der Waals surface area contributed by atoms with Gasteiger partial charge in [0.2, 0.25) is 0 Å².